The van der Waals surface area contributed by atoms with Gasteiger partial charge < -0.3 is 0 Å². The van der Waals surface area contributed by atoms with E-state index in [2.05, 4.69) is 22.0 Å². The number of nitrogens with zero attached hydrogens (tertiary/aromatic N) is 4. The lowest BCUT2D eigenvalue weighted by molar-refractivity contribution is 0.101. The van der Waals surface area contributed by atoms with Gasteiger partial charge in [-0.15, -0.1) is 11.7 Å². The van der Waals surface area contributed by atoms with Gasteiger partial charge in [-0.3, -0.25) is 10.1 Å². The fourth-order valence-corrected chi connectivity index (χ4v) is 1.45. The summed E-state index contributed by atoms with van der Waals surface area (Å²) in [5.41, 5.74) is -1.64. The van der Waals surface area contributed by atoms with Crippen molar-refractivity contribution in [2.45, 2.75) is 6.54 Å². The van der Waals surface area contributed by atoms with Gasteiger partial charge in [-0.25, -0.2) is 22.0 Å². The van der Waals surface area contributed by atoms with Crippen LogP contribution in [0, 0.1) is 29.1 Å². The number of carbonyl (C=O) groups excluding carboxylic acids is 1. The molecule has 0 bridgehead atoms. The molecule has 22 heavy (non-hydrogen) atoms. The number of halogens is 5. The first-order chi connectivity index (χ1) is 10.4. The van der Waals surface area contributed by atoms with Crippen molar-refractivity contribution in [3.05, 3.63) is 47.3 Å². The molecule has 1 N–H and O–H groups in total. The standard InChI is InChI=1S/C11H6F5N5O/c1-2-3-21-19-11(18-20-21)17-10(22)4-5(12)7(14)9(16)8(15)6(4)13/h2H,1,3H2,(H,17,19,22). The predicted octanol–water partition coefficient (Wildman–Crippen LogP) is 1.81. The van der Waals surface area contributed by atoms with Gasteiger partial charge in [0.05, 0.1) is 6.54 Å². The van der Waals surface area contributed by atoms with Crippen molar-refractivity contribution in [2.24, 2.45) is 0 Å². The van der Waals surface area contributed by atoms with Gasteiger partial charge in [0.15, 0.2) is 23.3 Å². The molecule has 0 aliphatic rings. The zero-order chi connectivity index (χ0) is 16.4. The number of allylic oxidation sites excluding steroid dienone is 1. The zero-order valence-corrected chi connectivity index (χ0v) is 10.6. The first-order valence-corrected chi connectivity index (χ1v) is 5.58. The van der Waals surface area contributed by atoms with Crippen molar-refractivity contribution >= 4 is 11.9 Å². The van der Waals surface area contributed by atoms with E-state index in [1.807, 2.05) is 0 Å². The Labute approximate surface area is 119 Å². The largest absolute Gasteiger partial charge is 0.288 e. The number of benzene rings is 1. The summed E-state index contributed by atoms with van der Waals surface area (Å²) in [5.74, 6) is -13.4. The molecule has 0 saturated heterocycles. The second-order valence-electron chi connectivity index (χ2n) is 3.86. The number of amides is 1. The number of nitrogens with one attached hydrogen (secondary N) is 1. The van der Waals surface area contributed by atoms with E-state index in [1.165, 1.54) is 6.08 Å². The van der Waals surface area contributed by atoms with E-state index in [-0.39, 0.29) is 6.54 Å². The van der Waals surface area contributed by atoms with E-state index in [4.69, 9.17) is 0 Å². The molecular weight excluding hydrogens is 313 g/mol. The zero-order valence-electron chi connectivity index (χ0n) is 10.6. The molecule has 1 aromatic heterocycles. The van der Waals surface area contributed by atoms with E-state index in [0.29, 0.717) is 0 Å². The molecule has 1 aromatic carbocycles. The number of carbonyl (C=O) groups is 1. The van der Waals surface area contributed by atoms with Gasteiger partial charge in [0, 0.05) is 0 Å². The Kier molecular flexibility index (Phi) is 4.15. The quantitative estimate of drug-likeness (QED) is 0.404. The van der Waals surface area contributed by atoms with Gasteiger partial charge in [0.1, 0.15) is 5.56 Å². The van der Waals surface area contributed by atoms with Crippen molar-refractivity contribution in [1.29, 1.82) is 0 Å². The smallest absolute Gasteiger partial charge is 0.270 e. The minimum absolute atomic E-state index is 0.130. The summed E-state index contributed by atoms with van der Waals surface area (Å²) in [6.45, 7) is 3.52. The molecule has 0 radical (unpaired) electrons. The van der Waals surface area contributed by atoms with Crippen molar-refractivity contribution in [1.82, 2.24) is 20.2 Å². The third-order valence-electron chi connectivity index (χ3n) is 2.41. The molecule has 0 aliphatic heterocycles. The summed E-state index contributed by atoms with van der Waals surface area (Å²) in [5, 5.41) is 12.1. The Morgan fingerprint density at radius 3 is 2.18 bits per heavy atom. The van der Waals surface area contributed by atoms with Crippen LogP contribution in [0.25, 0.3) is 0 Å². The molecule has 2 rings (SSSR count). The number of anilines is 1. The summed E-state index contributed by atoms with van der Waals surface area (Å²) in [4.78, 5) is 12.6. The molecule has 0 aliphatic carbocycles. The molecule has 116 valence electrons. The number of hydrogen-bond acceptors (Lipinski definition) is 4. The van der Waals surface area contributed by atoms with Crippen LogP contribution >= 0.6 is 0 Å². The van der Waals surface area contributed by atoms with Crippen LogP contribution in [0.4, 0.5) is 27.9 Å². The molecule has 1 heterocycles. The Bertz CT molecular complexity index is 731. The Morgan fingerprint density at radius 2 is 1.64 bits per heavy atom. The molecule has 0 fully saturated rings. The third kappa shape index (κ3) is 2.64. The summed E-state index contributed by atoms with van der Waals surface area (Å²) in [6.07, 6.45) is 1.40. The fraction of sp³-hybridized carbons (Fsp3) is 0.0909. The molecule has 0 atom stereocenters. The van der Waals surface area contributed by atoms with Crippen LogP contribution in [-0.2, 0) is 6.54 Å². The van der Waals surface area contributed by atoms with E-state index < -0.39 is 46.5 Å². The minimum atomic E-state index is -2.36. The van der Waals surface area contributed by atoms with Gasteiger partial charge in [-0.1, -0.05) is 11.2 Å². The van der Waals surface area contributed by atoms with Gasteiger partial charge in [-0.2, -0.15) is 4.80 Å². The van der Waals surface area contributed by atoms with Gasteiger partial charge in [-0.05, 0) is 5.21 Å². The van der Waals surface area contributed by atoms with E-state index in [0.717, 1.165) is 4.80 Å². The van der Waals surface area contributed by atoms with Gasteiger partial charge >= 0.3 is 0 Å². The number of rotatable bonds is 4. The number of hydrogen-bond donors (Lipinski definition) is 1. The highest BCUT2D eigenvalue weighted by Gasteiger charge is 2.30. The molecule has 2 aromatic rings. The van der Waals surface area contributed by atoms with E-state index in [9.17, 15) is 26.7 Å². The van der Waals surface area contributed by atoms with Crippen LogP contribution in [0.5, 0.6) is 0 Å². The maximum absolute atomic E-state index is 13.4. The molecule has 0 unspecified atom stereocenters. The average Bonchev–Trinajstić information content (AvgIpc) is 2.91. The number of aromatic nitrogens is 4. The predicted molar refractivity (Wildman–Crippen MR) is 62.2 cm³/mol. The first kappa shape index (κ1) is 15.5. The first-order valence-electron chi connectivity index (χ1n) is 5.58. The Hall–Kier alpha value is -2.85. The van der Waals surface area contributed by atoms with Crippen LogP contribution in [0.3, 0.4) is 0 Å². The highest BCUT2D eigenvalue weighted by atomic mass is 19.2. The maximum Gasteiger partial charge on any atom is 0.270 e. The van der Waals surface area contributed by atoms with Crippen molar-refractivity contribution in [3.8, 4) is 0 Å². The summed E-state index contributed by atoms with van der Waals surface area (Å²) < 4.78 is 65.7. The molecular formula is C11H6F5N5O. The van der Waals surface area contributed by atoms with E-state index in [1.54, 1.807) is 5.32 Å². The second kappa shape index (κ2) is 5.87. The Morgan fingerprint density at radius 1 is 1.09 bits per heavy atom. The SMILES string of the molecule is C=CCn1nnc(NC(=O)c2c(F)c(F)c(F)c(F)c2F)n1. The van der Waals surface area contributed by atoms with E-state index >= 15 is 0 Å². The van der Waals surface area contributed by atoms with Crippen molar-refractivity contribution < 1.29 is 26.7 Å². The minimum Gasteiger partial charge on any atom is -0.288 e. The number of tetrazole rings is 1. The van der Waals surface area contributed by atoms with Crippen LogP contribution < -0.4 is 5.32 Å². The van der Waals surface area contributed by atoms with Crippen LogP contribution in [0.15, 0.2) is 12.7 Å². The van der Waals surface area contributed by atoms with Gasteiger partial charge in [0.25, 0.3) is 11.9 Å². The summed E-state index contributed by atoms with van der Waals surface area (Å²) in [7, 11) is 0. The lowest BCUT2D eigenvalue weighted by Gasteiger charge is -2.06. The fourth-order valence-electron chi connectivity index (χ4n) is 1.45. The third-order valence-corrected chi connectivity index (χ3v) is 2.41. The summed E-state index contributed by atoms with van der Waals surface area (Å²) in [6, 6.07) is 0. The van der Waals surface area contributed by atoms with Crippen molar-refractivity contribution in [2.75, 3.05) is 5.32 Å². The van der Waals surface area contributed by atoms with Gasteiger partial charge in [0.2, 0.25) is 5.82 Å². The summed E-state index contributed by atoms with van der Waals surface area (Å²) >= 11 is 0. The lowest BCUT2D eigenvalue weighted by atomic mass is 10.1. The highest BCUT2D eigenvalue weighted by Crippen LogP contribution is 2.23. The molecule has 0 spiro atoms. The van der Waals surface area contributed by atoms with Crippen LogP contribution in [0.2, 0.25) is 0 Å². The second-order valence-corrected chi connectivity index (χ2v) is 3.86. The maximum atomic E-state index is 13.4. The monoisotopic (exact) mass is 319 g/mol. The lowest BCUT2D eigenvalue weighted by Crippen LogP contribution is -2.20. The van der Waals surface area contributed by atoms with Crippen LogP contribution in [-0.4, -0.2) is 26.1 Å². The normalized spacial score (nSPS) is 10.6. The molecule has 0 saturated carbocycles. The molecule has 11 heteroatoms. The van der Waals surface area contributed by atoms with Crippen LogP contribution in [0.1, 0.15) is 10.4 Å². The molecule has 6 nitrogen and oxygen atoms in total. The molecule has 1 amide bonds. The topological polar surface area (TPSA) is 72.7 Å². The average molecular weight is 319 g/mol. The Balaban J connectivity index is 2.35. The van der Waals surface area contributed by atoms with Crippen molar-refractivity contribution in [3.63, 3.8) is 0 Å². The highest BCUT2D eigenvalue weighted by molar-refractivity contribution is 6.03.